The molecule has 0 unspecified atom stereocenters. The Kier molecular flexibility index (Phi) is 4.34. The molecular formula is C19H22ClN5. The molecule has 0 bridgehead atoms. The summed E-state index contributed by atoms with van der Waals surface area (Å²) in [6.45, 7) is 4.37. The lowest BCUT2D eigenvalue weighted by Gasteiger charge is -2.30. The summed E-state index contributed by atoms with van der Waals surface area (Å²) in [5.74, 6) is 2.28. The molecule has 1 aliphatic rings. The number of rotatable bonds is 3. The van der Waals surface area contributed by atoms with Crippen LogP contribution in [0.5, 0.6) is 0 Å². The number of anilines is 1. The van der Waals surface area contributed by atoms with Crippen LogP contribution in [0.3, 0.4) is 0 Å². The van der Waals surface area contributed by atoms with Gasteiger partial charge < -0.3 is 10.3 Å². The molecule has 25 heavy (non-hydrogen) atoms. The van der Waals surface area contributed by atoms with Gasteiger partial charge in [0, 0.05) is 41.1 Å². The first kappa shape index (κ1) is 16.3. The van der Waals surface area contributed by atoms with Crippen molar-refractivity contribution in [2.24, 2.45) is 5.92 Å². The van der Waals surface area contributed by atoms with E-state index in [2.05, 4.69) is 27.2 Å². The number of halogens is 1. The van der Waals surface area contributed by atoms with Gasteiger partial charge in [-0.05, 0) is 31.7 Å². The quantitative estimate of drug-likeness (QED) is 0.695. The minimum atomic E-state index is 0.481. The van der Waals surface area contributed by atoms with E-state index >= 15 is 0 Å². The molecule has 3 aromatic heterocycles. The fraction of sp³-hybridized carbons (Fsp3) is 0.421. The van der Waals surface area contributed by atoms with E-state index in [1.54, 1.807) is 6.20 Å². The summed E-state index contributed by atoms with van der Waals surface area (Å²) < 4.78 is 0. The largest absolute Gasteiger partial charge is 0.367 e. The number of H-pyrrole nitrogens is 1. The van der Waals surface area contributed by atoms with Crippen molar-refractivity contribution in [1.29, 1.82) is 0 Å². The molecule has 1 saturated carbocycles. The monoisotopic (exact) mass is 355 g/mol. The van der Waals surface area contributed by atoms with E-state index in [1.165, 1.54) is 25.7 Å². The highest BCUT2D eigenvalue weighted by molar-refractivity contribution is 6.31. The number of aromatic nitrogens is 4. The Labute approximate surface area is 152 Å². The van der Waals surface area contributed by atoms with E-state index < -0.39 is 0 Å². The summed E-state index contributed by atoms with van der Waals surface area (Å²) >= 11 is 6.11. The number of nitrogens with zero attached hydrogens (tertiary/aromatic N) is 3. The topological polar surface area (TPSA) is 66.5 Å². The number of aryl methyl sites for hydroxylation is 1. The van der Waals surface area contributed by atoms with E-state index in [9.17, 15) is 0 Å². The van der Waals surface area contributed by atoms with Crippen LogP contribution >= 0.6 is 11.6 Å². The number of nitrogens with one attached hydrogen (secondary N) is 2. The van der Waals surface area contributed by atoms with E-state index in [1.807, 2.05) is 25.4 Å². The second kappa shape index (κ2) is 6.64. The second-order valence-corrected chi connectivity index (χ2v) is 7.43. The van der Waals surface area contributed by atoms with Gasteiger partial charge >= 0.3 is 0 Å². The Hall–Kier alpha value is -2.14. The molecule has 0 spiro atoms. The van der Waals surface area contributed by atoms with Crippen molar-refractivity contribution < 1.29 is 0 Å². The van der Waals surface area contributed by atoms with Crippen molar-refractivity contribution in [3.05, 3.63) is 35.2 Å². The fourth-order valence-corrected chi connectivity index (χ4v) is 3.75. The average molecular weight is 356 g/mol. The van der Waals surface area contributed by atoms with Gasteiger partial charge in [-0.1, -0.05) is 31.4 Å². The summed E-state index contributed by atoms with van der Waals surface area (Å²) in [7, 11) is 0. The zero-order valence-electron chi connectivity index (χ0n) is 14.5. The van der Waals surface area contributed by atoms with Crippen LogP contribution in [-0.2, 0) is 0 Å². The van der Waals surface area contributed by atoms with Crippen LogP contribution in [0.2, 0.25) is 5.02 Å². The molecule has 4 rings (SSSR count). The van der Waals surface area contributed by atoms with Crippen molar-refractivity contribution in [2.45, 2.75) is 45.6 Å². The fourth-order valence-electron chi connectivity index (χ4n) is 3.59. The van der Waals surface area contributed by atoms with Gasteiger partial charge in [-0.25, -0.2) is 15.0 Å². The number of hydrogen-bond acceptors (Lipinski definition) is 4. The molecule has 0 saturated heterocycles. The van der Waals surface area contributed by atoms with Crippen molar-refractivity contribution in [1.82, 2.24) is 19.9 Å². The van der Waals surface area contributed by atoms with E-state index in [0.717, 1.165) is 28.0 Å². The number of pyridine rings is 1. The first-order chi connectivity index (χ1) is 12.1. The third kappa shape index (κ3) is 3.21. The van der Waals surface area contributed by atoms with Crippen LogP contribution in [0.1, 0.15) is 38.2 Å². The third-order valence-electron chi connectivity index (χ3n) is 5.14. The normalized spacial score (nSPS) is 20.8. The third-order valence-corrected chi connectivity index (χ3v) is 5.35. The molecular weight excluding hydrogens is 334 g/mol. The highest BCUT2D eigenvalue weighted by atomic mass is 35.5. The molecule has 1 fully saturated rings. The second-order valence-electron chi connectivity index (χ2n) is 6.99. The standard InChI is InChI=1S/C19H22ClN5/c1-11-5-3-4-6-16(11)24-17-12(2)8-21-19(25-17)15-10-23-18-14(15)7-13(20)9-22-18/h7-11,16H,3-6H2,1-2H3,(H,22,23)(H,21,24,25)/t11-,16-/m0/s1. The number of hydrogen-bond donors (Lipinski definition) is 2. The summed E-state index contributed by atoms with van der Waals surface area (Å²) in [6.07, 6.45) is 10.5. The summed E-state index contributed by atoms with van der Waals surface area (Å²) in [4.78, 5) is 16.8. The molecule has 3 heterocycles. The first-order valence-corrected chi connectivity index (χ1v) is 9.23. The maximum atomic E-state index is 6.11. The predicted octanol–water partition coefficient (Wildman–Crippen LogP) is 4.97. The molecule has 2 N–H and O–H groups in total. The van der Waals surface area contributed by atoms with Crippen LogP contribution in [0.4, 0.5) is 5.82 Å². The molecule has 6 heteroatoms. The van der Waals surface area contributed by atoms with Crippen molar-refractivity contribution >= 4 is 28.5 Å². The molecule has 0 amide bonds. The molecule has 5 nitrogen and oxygen atoms in total. The minimum absolute atomic E-state index is 0.481. The average Bonchev–Trinajstić information content (AvgIpc) is 3.02. The zero-order chi connectivity index (χ0) is 17.4. The highest BCUT2D eigenvalue weighted by Crippen LogP contribution is 2.30. The number of fused-ring (bicyclic) bond motifs is 1. The zero-order valence-corrected chi connectivity index (χ0v) is 15.3. The lowest BCUT2D eigenvalue weighted by atomic mass is 9.86. The first-order valence-electron chi connectivity index (χ1n) is 8.85. The Bertz CT molecular complexity index is 904. The predicted molar refractivity (Wildman–Crippen MR) is 102 cm³/mol. The lowest BCUT2D eigenvalue weighted by molar-refractivity contribution is 0.349. The van der Waals surface area contributed by atoms with E-state index in [-0.39, 0.29) is 0 Å². The van der Waals surface area contributed by atoms with Crippen LogP contribution in [-0.4, -0.2) is 26.0 Å². The Morgan fingerprint density at radius 3 is 2.88 bits per heavy atom. The van der Waals surface area contributed by atoms with Gasteiger partial charge in [0.05, 0.1) is 5.02 Å². The van der Waals surface area contributed by atoms with Crippen molar-refractivity contribution in [3.8, 4) is 11.4 Å². The summed E-state index contributed by atoms with van der Waals surface area (Å²) in [5.41, 5.74) is 2.78. The van der Waals surface area contributed by atoms with E-state index in [4.69, 9.17) is 16.6 Å². The molecule has 0 aromatic carbocycles. The molecule has 2 atom stereocenters. The van der Waals surface area contributed by atoms with Gasteiger partial charge in [0.25, 0.3) is 0 Å². The minimum Gasteiger partial charge on any atom is -0.367 e. The smallest absolute Gasteiger partial charge is 0.163 e. The Morgan fingerprint density at radius 2 is 2.04 bits per heavy atom. The Morgan fingerprint density at radius 1 is 1.20 bits per heavy atom. The van der Waals surface area contributed by atoms with Crippen molar-refractivity contribution in [3.63, 3.8) is 0 Å². The van der Waals surface area contributed by atoms with Gasteiger partial charge in [-0.2, -0.15) is 0 Å². The maximum Gasteiger partial charge on any atom is 0.163 e. The van der Waals surface area contributed by atoms with E-state index in [0.29, 0.717) is 22.8 Å². The van der Waals surface area contributed by atoms with Crippen molar-refractivity contribution in [2.75, 3.05) is 5.32 Å². The van der Waals surface area contributed by atoms with Gasteiger partial charge in [0.15, 0.2) is 5.82 Å². The molecule has 3 aromatic rings. The van der Waals surface area contributed by atoms with Gasteiger partial charge in [0.2, 0.25) is 0 Å². The van der Waals surface area contributed by atoms with Crippen LogP contribution in [0.15, 0.2) is 24.7 Å². The van der Waals surface area contributed by atoms with Gasteiger partial charge in [0.1, 0.15) is 11.5 Å². The van der Waals surface area contributed by atoms with Crippen LogP contribution in [0, 0.1) is 12.8 Å². The molecule has 1 aliphatic carbocycles. The molecule has 0 aliphatic heterocycles. The van der Waals surface area contributed by atoms with Crippen LogP contribution < -0.4 is 5.32 Å². The lowest BCUT2D eigenvalue weighted by Crippen LogP contribution is -2.31. The SMILES string of the molecule is Cc1cnc(-c2c[nH]c3ncc(Cl)cc23)nc1N[C@H]1CCCC[C@@H]1C. The maximum absolute atomic E-state index is 6.11. The van der Waals surface area contributed by atoms with Gasteiger partial charge in [-0.15, -0.1) is 0 Å². The van der Waals surface area contributed by atoms with Crippen LogP contribution in [0.25, 0.3) is 22.4 Å². The summed E-state index contributed by atoms with van der Waals surface area (Å²) in [6, 6.07) is 2.38. The number of aromatic amines is 1. The summed E-state index contributed by atoms with van der Waals surface area (Å²) in [5, 5.41) is 5.20. The Balaban J connectivity index is 1.70. The molecule has 0 radical (unpaired) electrons. The highest BCUT2D eigenvalue weighted by Gasteiger charge is 2.22. The molecule has 130 valence electrons. The van der Waals surface area contributed by atoms with Gasteiger partial charge in [-0.3, -0.25) is 0 Å².